The Bertz CT molecular complexity index is 1030. The van der Waals surface area contributed by atoms with Crippen molar-refractivity contribution in [2.75, 3.05) is 0 Å². The van der Waals surface area contributed by atoms with Crippen molar-refractivity contribution in [2.45, 2.75) is 12.4 Å². The Labute approximate surface area is 182 Å². The number of halogens is 8. The van der Waals surface area contributed by atoms with E-state index in [-0.39, 0.29) is 21.1 Å². The molecule has 0 unspecified atom stereocenters. The molecule has 2 aromatic carbocycles. The minimum Gasteiger partial charge on any atom is -0.423 e. The molecule has 0 saturated carbocycles. The number of alkyl halides is 6. The van der Waals surface area contributed by atoms with E-state index >= 15 is 0 Å². The zero-order valence-electron chi connectivity index (χ0n) is 15.1. The fourth-order valence-electron chi connectivity index (χ4n) is 2.29. The van der Waals surface area contributed by atoms with E-state index in [2.05, 4.69) is 10.2 Å². The van der Waals surface area contributed by atoms with Crippen molar-refractivity contribution < 1.29 is 36.4 Å². The molecule has 3 aromatic rings. The van der Waals surface area contributed by atoms with Gasteiger partial charge in [-0.15, -0.1) is 0 Å². The molecule has 1 heterocycles. The lowest BCUT2D eigenvalue weighted by atomic mass is 9.79. The standard InChI is InChI=1S/C11H6ClF3N2.C7H5BClF3O2/c12-10-2-1-8(11(13,14)15)5-9(10)7-3-4-16-17-6-7;9-6-2-1-4(7(10,11)12)3-5(6)8(13)14/h1-6H;1-3,13-14H. The van der Waals surface area contributed by atoms with Crippen LogP contribution >= 0.6 is 23.2 Å². The molecule has 0 amide bonds. The number of nitrogens with zero attached hydrogens (tertiary/aromatic N) is 2. The van der Waals surface area contributed by atoms with E-state index in [4.69, 9.17) is 33.2 Å². The molecule has 0 aliphatic heterocycles. The van der Waals surface area contributed by atoms with E-state index in [1.54, 1.807) is 6.07 Å². The fourth-order valence-corrected chi connectivity index (χ4v) is 2.73. The molecule has 0 bridgehead atoms. The lowest BCUT2D eigenvalue weighted by molar-refractivity contribution is -0.138. The molecule has 0 aliphatic rings. The average molecular weight is 483 g/mol. The van der Waals surface area contributed by atoms with E-state index in [0.717, 1.165) is 24.3 Å². The molecule has 13 heteroatoms. The van der Waals surface area contributed by atoms with Crippen LogP contribution in [-0.2, 0) is 12.4 Å². The molecule has 0 spiro atoms. The molecule has 0 fully saturated rings. The molecular weight excluding hydrogens is 472 g/mol. The SMILES string of the molecule is FC(F)(F)c1ccc(Cl)c(-c2ccnnc2)c1.OB(O)c1cc(C(F)(F)F)ccc1Cl. The maximum atomic E-state index is 12.5. The molecule has 0 radical (unpaired) electrons. The summed E-state index contributed by atoms with van der Waals surface area (Å²) in [7, 11) is -2.01. The molecule has 0 aliphatic carbocycles. The Morgan fingerprint density at radius 1 is 0.742 bits per heavy atom. The molecule has 1 aromatic heterocycles. The van der Waals surface area contributed by atoms with Crippen LogP contribution in [-0.4, -0.2) is 27.4 Å². The predicted molar refractivity (Wildman–Crippen MR) is 104 cm³/mol. The van der Waals surface area contributed by atoms with Crippen LogP contribution in [0.4, 0.5) is 26.3 Å². The summed E-state index contributed by atoms with van der Waals surface area (Å²) in [5.41, 5.74) is -1.28. The smallest absolute Gasteiger partial charge is 0.423 e. The third-order valence-corrected chi connectivity index (χ3v) is 4.46. The van der Waals surface area contributed by atoms with Gasteiger partial charge in [-0.25, -0.2) is 0 Å². The van der Waals surface area contributed by atoms with Crippen molar-refractivity contribution in [2.24, 2.45) is 0 Å². The van der Waals surface area contributed by atoms with Crippen LogP contribution in [0.1, 0.15) is 11.1 Å². The van der Waals surface area contributed by atoms with Gasteiger partial charge < -0.3 is 10.0 Å². The number of hydrogen-bond acceptors (Lipinski definition) is 4. The summed E-state index contributed by atoms with van der Waals surface area (Å²) < 4.78 is 74.1. The normalized spacial score (nSPS) is 11.5. The summed E-state index contributed by atoms with van der Waals surface area (Å²) in [4.78, 5) is 0. The highest BCUT2D eigenvalue weighted by molar-refractivity contribution is 6.62. The van der Waals surface area contributed by atoms with E-state index in [1.165, 1.54) is 18.5 Å². The summed E-state index contributed by atoms with van der Waals surface area (Å²) in [5.74, 6) is 0. The highest BCUT2D eigenvalue weighted by Crippen LogP contribution is 2.35. The molecule has 4 nitrogen and oxygen atoms in total. The maximum absolute atomic E-state index is 12.5. The third-order valence-electron chi connectivity index (χ3n) is 3.79. The Hall–Kier alpha value is -2.34. The van der Waals surface area contributed by atoms with Gasteiger partial charge in [0.05, 0.1) is 23.5 Å². The monoisotopic (exact) mass is 482 g/mol. The molecule has 31 heavy (non-hydrogen) atoms. The third kappa shape index (κ3) is 6.83. The lowest BCUT2D eigenvalue weighted by Gasteiger charge is -2.10. The van der Waals surface area contributed by atoms with Crippen molar-refractivity contribution in [3.05, 3.63) is 76.0 Å². The van der Waals surface area contributed by atoms with Crippen molar-refractivity contribution in [3.8, 4) is 11.1 Å². The van der Waals surface area contributed by atoms with E-state index in [0.29, 0.717) is 11.6 Å². The summed E-state index contributed by atoms with van der Waals surface area (Å²) in [6, 6.07) is 7.06. The first-order valence-electron chi connectivity index (χ1n) is 8.17. The lowest BCUT2D eigenvalue weighted by Crippen LogP contribution is -2.31. The van der Waals surface area contributed by atoms with E-state index < -0.39 is 30.6 Å². The fraction of sp³-hybridized carbons (Fsp3) is 0.111. The Morgan fingerprint density at radius 3 is 1.77 bits per heavy atom. The first-order valence-corrected chi connectivity index (χ1v) is 8.93. The highest BCUT2D eigenvalue weighted by atomic mass is 35.5. The molecule has 0 atom stereocenters. The van der Waals surface area contributed by atoms with Crippen LogP contribution in [0.5, 0.6) is 0 Å². The summed E-state index contributed by atoms with van der Waals surface area (Å²) >= 11 is 11.3. The van der Waals surface area contributed by atoms with Gasteiger partial charge in [-0.2, -0.15) is 36.5 Å². The summed E-state index contributed by atoms with van der Waals surface area (Å²) in [6.07, 6.45) is -6.15. The van der Waals surface area contributed by atoms with Gasteiger partial charge in [-0.3, -0.25) is 0 Å². The van der Waals surface area contributed by atoms with Crippen LogP contribution in [0.15, 0.2) is 54.9 Å². The van der Waals surface area contributed by atoms with Gasteiger partial charge in [-0.1, -0.05) is 23.2 Å². The quantitative estimate of drug-likeness (QED) is 0.404. The van der Waals surface area contributed by atoms with Crippen molar-refractivity contribution in [1.82, 2.24) is 10.2 Å². The van der Waals surface area contributed by atoms with Gasteiger partial charge in [0.15, 0.2) is 0 Å². The molecule has 0 saturated heterocycles. The number of hydrogen-bond donors (Lipinski definition) is 2. The second-order valence-electron chi connectivity index (χ2n) is 5.93. The number of aromatic nitrogens is 2. The summed E-state index contributed by atoms with van der Waals surface area (Å²) in [5, 5.41) is 24.7. The van der Waals surface area contributed by atoms with Gasteiger partial charge in [-0.05, 0) is 42.5 Å². The number of rotatable bonds is 2. The van der Waals surface area contributed by atoms with Crippen molar-refractivity contribution in [3.63, 3.8) is 0 Å². The largest absolute Gasteiger partial charge is 0.489 e. The Morgan fingerprint density at radius 2 is 1.29 bits per heavy atom. The minimum absolute atomic E-state index is 0.118. The van der Waals surface area contributed by atoms with Crippen LogP contribution in [0.3, 0.4) is 0 Å². The van der Waals surface area contributed by atoms with E-state index in [9.17, 15) is 26.3 Å². The van der Waals surface area contributed by atoms with Crippen LogP contribution < -0.4 is 5.46 Å². The zero-order chi connectivity index (χ0) is 23.4. The maximum Gasteiger partial charge on any atom is 0.489 e. The topological polar surface area (TPSA) is 66.2 Å². The van der Waals surface area contributed by atoms with E-state index in [1.807, 2.05) is 0 Å². The minimum atomic E-state index is -4.52. The van der Waals surface area contributed by atoms with Crippen LogP contribution in [0.2, 0.25) is 10.0 Å². The molecule has 164 valence electrons. The molecular formula is C18H11BCl2F6N2O2. The van der Waals surface area contributed by atoms with Gasteiger partial charge in [0.2, 0.25) is 0 Å². The van der Waals surface area contributed by atoms with Gasteiger partial charge in [0.25, 0.3) is 0 Å². The van der Waals surface area contributed by atoms with Crippen molar-refractivity contribution in [1.29, 1.82) is 0 Å². The number of benzene rings is 2. The molecule has 3 rings (SSSR count). The predicted octanol–water partition coefficient (Wildman–Crippen LogP) is 4.85. The summed E-state index contributed by atoms with van der Waals surface area (Å²) in [6.45, 7) is 0. The van der Waals surface area contributed by atoms with Gasteiger partial charge >= 0.3 is 19.5 Å². The van der Waals surface area contributed by atoms with Crippen molar-refractivity contribution >= 4 is 35.8 Å². The second-order valence-corrected chi connectivity index (χ2v) is 6.75. The first kappa shape index (κ1) is 24.9. The Balaban J connectivity index is 0.000000225. The van der Waals surface area contributed by atoms with Gasteiger partial charge in [0.1, 0.15) is 0 Å². The van der Waals surface area contributed by atoms with Gasteiger partial charge in [0, 0.05) is 26.6 Å². The average Bonchev–Trinajstić information content (AvgIpc) is 2.68. The second kappa shape index (κ2) is 9.86. The first-order chi connectivity index (χ1) is 14.3. The Kier molecular flexibility index (Phi) is 7.93. The molecule has 2 N–H and O–H groups in total. The van der Waals surface area contributed by atoms with Crippen LogP contribution in [0.25, 0.3) is 11.1 Å². The zero-order valence-corrected chi connectivity index (χ0v) is 16.6. The highest BCUT2D eigenvalue weighted by Gasteiger charge is 2.32. The van der Waals surface area contributed by atoms with Crippen LogP contribution in [0, 0.1) is 0 Å².